The maximum absolute atomic E-state index is 5.85. The molecular weight excluding hydrogens is 590 g/mol. The Morgan fingerprint density at radius 1 is 0.667 bits per heavy atom. The van der Waals surface area contributed by atoms with Gasteiger partial charge in [0.1, 0.15) is 11.6 Å². The molecule has 6 nitrogen and oxygen atoms in total. The molecule has 0 unspecified atom stereocenters. The van der Waals surface area contributed by atoms with Gasteiger partial charge in [-0.3, -0.25) is 4.57 Å². The summed E-state index contributed by atoms with van der Waals surface area (Å²) >= 11 is 0. The molecule has 0 aliphatic rings. The molecule has 3 heterocycles. The number of hydrogen-bond donors (Lipinski definition) is 0. The number of methoxy groups -OCH3 is 1. The molecular formula is C42H41N5O. The van der Waals surface area contributed by atoms with Crippen molar-refractivity contribution in [3.8, 4) is 56.6 Å². The summed E-state index contributed by atoms with van der Waals surface area (Å²) < 4.78 is 10.0. The lowest BCUT2D eigenvalue weighted by atomic mass is 9.92. The first-order valence-corrected chi connectivity index (χ1v) is 16.6. The van der Waals surface area contributed by atoms with Gasteiger partial charge in [0.15, 0.2) is 11.5 Å². The lowest BCUT2D eigenvalue weighted by molar-refractivity contribution is 0.416. The zero-order valence-corrected chi connectivity index (χ0v) is 28.7. The lowest BCUT2D eigenvalue weighted by Crippen LogP contribution is -2.08. The molecule has 4 aromatic carbocycles. The van der Waals surface area contributed by atoms with Crippen molar-refractivity contribution in [2.45, 2.75) is 53.4 Å². The molecule has 0 N–H and O–H groups in total. The largest absolute Gasteiger partial charge is 0.496 e. The highest BCUT2D eigenvalue weighted by atomic mass is 16.5. The second-order valence-corrected chi connectivity index (χ2v) is 13.1. The van der Waals surface area contributed by atoms with E-state index in [1.807, 2.05) is 35.0 Å². The van der Waals surface area contributed by atoms with Crippen molar-refractivity contribution in [1.82, 2.24) is 24.1 Å². The topological polar surface area (TPSA) is 57.2 Å². The minimum Gasteiger partial charge on any atom is -0.496 e. The fourth-order valence-electron chi connectivity index (χ4n) is 6.78. The van der Waals surface area contributed by atoms with Crippen molar-refractivity contribution < 1.29 is 4.74 Å². The van der Waals surface area contributed by atoms with E-state index in [0.717, 1.165) is 45.2 Å². The molecule has 0 aliphatic heterocycles. The van der Waals surface area contributed by atoms with E-state index >= 15 is 0 Å². The summed E-state index contributed by atoms with van der Waals surface area (Å²) in [6, 6.07) is 33.7. The molecule has 0 saturated heterocycles. The number of pyridine rings is 1. The quantitative estimate of drug-likeness (QED) is 0.167. The molecule has 0 radical (unpaired) electrons. The minimum absolute atomic E-state index is 0.327. The monoisotopic (exact) mass is 631 g/mol. The van der Waals surface area contributed by atoms with E-state index in [9.17, 15) is 0 Å². The van der Waals surface area contributed by atoms with Crippen LogP contribution in [0.4, 0.5) is 0 Å². The molecule has 0 amide bonds. The molecule has 0 saturated carbocycles. The first-order valence-electron chi connectivity index (χ1n) is 16.6. The van der Waals surface area contributed by atoms with E-state index < -0.39 is 0 Å². The second kappa shape index (κ2) is 12.6. The van der Waals surface area contributed by atoms with E-state index in [-0.39, 0.29) is 0 Å². The van der Waals surface area contributed by atoms with Crippen molar-refractivity contribution in [3.63, 3.8) is 0 Å². The number of aromatic nitrogens is 5. The number of hydrogen-bond acceptors (Lipinski definition) is 4. The fourth-order valence-corrected chi connectivity index (χ4v) is 6.78. The Morgan fingerprint density at radius 2 is 1.31 bits per heavy atom. The third kappa shape index (κ3) is 5.47. The van der Waals surface area contributed by atoms with E-state index in [2.05, 4.69) is 125 Å². The zero-order chi connectivity index (χ0) is 33.5. The van der Waals surface area contributed by atoms with Gasteiger partial charge in [-0.2, -0.15) is 0 Å². The van der Waals surface area contributed by atoms with Gasteiger partial charge in [0.2, 0.25) is 0 Å². The first-order chi connectivity index (χ1) is 23.2. The minimum atomic E-state index is 0.327. The van der Waals surface area contributed by atoms with Crippen LogP contribution in [0.3, 0.4) is 0 Å². The lowest BCUT2D eigenvalue weighted by Gasteiger charge is -2.22. The Balaban J connectivity index is 1.40. The Bertz CT molecular complexity index is 2230. The highest BCUT2D eigenvalue weighted by molar-refractivity contribution is 5.83. The summed E-state index contributed by atoms with van der Waals surface area (Å²) in [5, 5.41) is 4.93. The molecule has 0 fully saturated rings. The van der Waals surface area contributed by atoms with E-state index in [1.165, 1.54) is 33.5 Å². The summed E-state index contributed by atoms with van der Waals surface area (Å²) in [6.07, 6.45) is 4.14. The molecule has 0 spiro atoms. The van der Waals surface area contributed by atoms with Gasteiger partial charge in [-0.25, -0.2) is 14.5 Å². The van der Waals surface area contributed by atoms with Crippen molar-refractivity contribution in [1.29, 1.82) is 0 Å². The highest BCUT2D eigenvalue weighted by Gasteiger charge is 2.23. The third-order valence-electron chi connectivity index (χ3n) is 9.17. The average Bonchev–Trinajstić information content (AvgIpc) is 3.74. The van der Waals surface area contributed by atoms with E-state index in [4.69, 9.17) is 19.8 Å². The third-order valence-corrected chi connectivity index (χ3v) is 9.17. The molecule has 0 aliphatic carbocycles. The van der Waals surface area contributed by atoms with Gasteiger partial charge in [0.05, 0.1) is 24.1 Å². The number of fused-ring (bicyclic) bond motifs is 1. The highest BCUT2D eigenvalue weighted by Crippen LogP contribution is 2.39. The van der Waals surface area contributed by atoms with E-state index in [0.29, 0.717) is 17.7 Å². The number of nitrogens with zero attached hydrogens (tertiary/aromatic N) is 5. The summed E-state index contributed by atoms with van der Waals surface area (Å²) in [6.45, 7) is 13.3. The van der Waals surface area contributed by atoms with Gasteiger partial charge in [0, 0.05) is 29.1 Å². The molecule has 7 rings (SSSR count). The Hall–Kier alpha value is -5.49. The zero-order valence-electron chi connectivity index (χ0n) is 28.7. The standard InChI is InChI=1S/C42H41N5O/c1-26(2)32-19-12-20-33(27(3)4)39(32)46-25-36(43-41(46)34-18-8-9-22-37(34)48-7)30-16-11-17-31(24-30)40-44-42-35(21-13-23-47(42)45-40)38-28(5)14-10-15-29(38)6/h8-27H,1-7H3. The molecule has 240 valence electrons. The predicted octanol–water partition coefficient (Wildman–Crippen LogP) is 10.5. The van der Waals surface area contributed by atoms with Crippen LogP contribution in [-0.2, 0) is 0 Å². The van der Waals surface area contributed by atoms with Crippen LogP contribution in [0.5, 0.6) is 5.75 Å². The van der Waals surface area contributed by atoms with Crippen LogP contribution in [-0.4, -0.2) is 31.3 Å². The van der Waals surface area contributed by atoms with Gasteiger partial charge in [-0.15, -0.1) is 5.10 Å². The van der Waals surface area contributed by atoms with Crippen LogP contribution < -0.4 is 4.74 Å². The fraction of sp³-hybridized carbons (Fsp3) is 0.214. The molecule has 0 bridgehead atoms. The molecule has 6 heteroatoms. The summed E-state index contributed by atoms with van der Waals surface area (Å²) in [4.78, 5) is 10.4. The van der Waals surface area contributed by atoms with Gasteiger partial charge in [-0.1, -0.05) is 94.4 Å². The van der Waals surface area contributed by atoms with Gasteiger partial charge in [-0.05, 0) is 83.8 Å². The first kappa shape index (κ1) is 31.1. The average molecular weight is 632 g/mol. The van der Waals surface area contributed by atoms with Crippen molar-refractivity contribution in [2.24, 2.45) is 0 Å². The predicted molar refractivity (Wildman–Crippen MR) is 196 cm³/mol. The van der Waals surface area contributed by atoms with Crippen LogP contribution >= 0.6 is 0 Å². The Kier molecular flexibility index (Phi) is 8.17. The number of benzene rings is 4. The van der Waals surface area contributed by atoms with Crippen LogP contribution in [0.15, 0.2) is 109 Å². The van der Waals surface area contributed by atoms with Gasteiger partial charge < -0.3 is 4.74 Å². The molecule has 0 atom stereocenters. The molecule has 48 heavy (non-hydrogen) atoms. The SMILES string of the molecule is COc1ccccc1-c1nc(-c2cccc(-c3nc4c(-c5c(C)cccc5C)cccn4n3)c2)cn1-c1c(C(C)C)cccc1C(C)C. The smallest absolute Gasteiger partial charge is 0.182 e. The van der Waals surface area contributed by atoms with Crippen molar-refractivity contribution >= 4 is 5.65 Å². The summed E-state index contributed by atoms with van der Waals surface area (Å²) in [5.74, 6) is 2.95. The number of rotatable bonds is 8. The molecule has 3 aromatic heterocycles. The van der Waals surface area contributed by atoms with Crippen molar-refractivity contribution in [2.75, 3.05) is 7.11 Å². The Labute approximate surface area is 282 Å². The second-order valence-electron chi connectivity index (χ2n) is 13.1. The molecule has 7 aromatic rings. The summed E-state index contributed by atoms with van der Waals surface area (Å²) in [5.41, 5.74) is 13.0. The number of para-hydroxylation sites is 2. The number of ether oxygens (including phenoxy) is 1. The van der Waals surface area contributed by atoms with Crippen LogP contribution in [0.25, 0.3) is 56.5 Å². The van der Waals surface area contributed by atoms with Crippen LogP contribution in [0.1, 0.15) is 61.8 Å². The maximum Gasteiger partial charge on any atom is 0.182 e. The maximum atomic E-state index is 5.85. The van der Waals surface area contributed by atoms with Gasteiger partial charge in [0.25, 0.3) is 0 Å². The Morgan fingerprint density at radius 3 is 2.02 bits per heavy atom. The van der Waals surface area contributed by atoms with Crippen LogP contribution in [0.2, 0.25) is 0 Å². The van der Waals surface area contributed by atoms with E-state index in [1.54, 1.807) is 7.11 Å². The van der Waals surface area contributed by atoms with Crippen molar-refractivity contribution in [3.05, 3.63) is 132 Å². The van der Waals surface area contributed by atoms with Gasteiger partial charge >= 0.3 is 0 Å². The normalized spacial score (nSPS) is 11.6. The summed E-state index contributed by atoms with van der Waals surface area (Å²) in [7, 11) is 1.71. The number of aryl methyl sites for hydroxylation is 2. The number of imidazole rings is 1. The van der Waals surface area contributed by atoms with Crippen LogP contribution in [0, 0.1) is 13.8 Å².